The molecule has 3 rings (SSSR count). The van der Waals surface area contributed by atoms with Crippen LogP contribution in [0, 0.1) is 11.8 Å². The third-order valence-corrected chi connectivity index (χ3v) is 6.80. The number of hydrogen-bond donors (Lipinski definition) is 2. The van der Waals surface area contributed by atoms with Gasteiger partial charge >= 0.3 is 6.09 Å². The van der Waals surface area contributed by atoms with E-state index in [1.54, 1.807) is 14.0 Å². The van der Waals surface area contributed by atoms with E-state index in [2.05, 4.69) is 31.4 Å². The van der Waals surface area contributed by atoms with E-state index in [0.29, 0.717) is 38.5 Å². The molecular weight excluding hydrogens is 388 g/mol. The van der Waals surface area contributed by atoms with Crippen LogP contribution in [0.1, 0.15) is 59.8 Å². The smallest absolute Gasteiger partial charge is 0.407 e. The monoisotopic (exact) mass is 426 g/mol. The maximum Gasteiger partial charge on any atom is 0.407 e. The Balaban J connectivity index is 1.57. The molecule has 1 aliphatic carbocycles. The van der Waals surface area contributed by atoms with Crippen molar-refractivity contribution < 1.29 is 28.5 Å². The summed E-state index contributed by atoms with van der Waals surface area (Å²) in [5, 5.41) is 5.43. The van der Waals surface area contributed by atoms with Crippen molar-refractivity contribution in [2.24, 2.45) is 11.8 Å². The summed E-state index contributed by atoms with van der Waals surface area (Å²) >= 11 is 0. The van der Waals surface area contributed by atoms with Crippen molar-refractivity contribution in [3.05, 3.63) is 0 Å². The largest absolute Gasteiger partial charge is 0.443 e. The highest BCUT2D eigenvalue weighted by atomic mass is 16.6. The van der Waals surface area contributed by atoms with Gasteiger partial charge in [-0.15, -0.1) is 0 Å². The third kappa shape index (κ3) is 5.08. The van der Waals surface area contributed by atoms with E-state index in [1.165, 1.54) is 0 Å². The molecule has 8 heteroatoms. The average molecular weight is 427 g/mol. The van der Waals surface area contributed by atoms with Crippen LogP contribution in [0.25, 0.3) is 0 Å². The lowest BCUT2D eigenvalue weighted by Gasteiger charge is -2.42. The molecule has 2 heterocycles. The van der Waals surface area contributed by atoms with Crippen LogP contribution in [-0.4, -0.2) is 68.3 Å². The van der Waals surface area contributed by atoms with Gasteiger partial charge in [0.2, 0.25) is 5.91 Å². The first-order chi connectivity index (χ1) is 14.3. The molecule has 4 unspecified atom stereocenters. The van der Waals surface area contributed by atoms with Gasteiger partial charge in [-0.05, 0) is 38.5 Å². The van der Waals surface area contributed by atoms with Gasteiger partial charge in [0, 0.05) is 26.6 Å². The fourth-order valence-electron chi connectivity index (χ4n) is 4.95. The van der Waals surface area contributed by atoms with Gasteiger partial charge in [-0.2, -0.15) is 0 Å². The molecule has 0 aromatic carbocycles. The van der Waals surface area contributed by atoms with Gasteiger partial charge < -0.3 is 29.6 Å². The zero-order valence-electron chi connectivity index (χ0n) is 19.0. The van der Waals surface area contributed by atoms with E-state index < -0.39 is 6.09 Å². The summed E-state index contributed by atoms with van der Waals surface area (Å²) in [7, 11) is 1.67. The van der Waals surface area contributed by atoms with Crippen molar-refractivity contribution in [1.82, 2.24) is 10.6 Å². The van der Waals surface area contributed by atoms with Crippen LogP contribution in [0.2, 0.25) is 0 Å². The number of alkyl carbamates (subject to hydrolysis) is 1. The minimum absolute atomic E-state index is 0.0301. The lowest BCUT2D eigenvalue weighted by atomic mass is 9.68. The number of nitrogens with one attached hydrogen (secondary N) is 2. The van der Waals surface area contributed by atoms with E-state index >= 15 is 0 Å². The number of carbonyl (C=O) groups excluding carboxylic acids is 2. The highest BCUT2D eigenvalue weighted by Gasteiger charge is 2.72. The Labute approximate surface area is 179 Å². The van der Waals surface area contributed by atoms with Gasteiger partial charge in [-0.3, -0.25) is 4.79 Å². The van der Waals surface area contributed by atoms with Gasteiger partial charge in [0.25, 0.3) is 0 Å². The third-order valence-electron chi connectivity index (χ3n) is 6.80. The number of epoxide rings is 2. The molecule has 1 spiro atoms. The Kier molecular flexibility index (Phi) is 7.30. The van der Waals surface area contributed by atoms with Gasteiger partial charge in [-0.1, -0.05) is 20.8 Å². The first kappa shape index (κ1) is 23.3. The molecule has 0 bridgehead atoms. The van der Waals surface area contributed by atoms with Crippen molar-refractivity contribution in [2.75, 3.05) is 26.8 Å². The molecule has 2 amide bonds. The van der Waals surface area contributed by atoms with Gasteiger partial charge in [0.1, 0.15) is 23.4 Å². The van der Waals surface area contributed by atoms with Crippen molar-refractivity contribution in [3.8, 4) is 0 Å². The minimum atomic E-state index is -0.488. The molecule has 3 fully saturated rings. The first-order valence-corrected chi connectivity index (χ1v) is 11.3. The van der Waals surface area contributed by atoms with Crippen LogP contribution in [0.4, 0.5) is 4.79 Å². The number of amides is 2. The first-order valence-electron chi connectivity index (χ1n) is 11.3. The van der Waals surface area contributed by atoms with Gasteiger partial charge in [0.05, 0.1) is 18.6 Å². The SMILES string of the molecule is CCC(=O)NCCNC(=O)OC1CC[C@]2(CO2)C(C2(C)O[C@@H]2CCC(C)C)C1OC. The molecule has 3 aliphatic rings. The molecule has 0 radical (unpaired) electrons. The Bertz CT molecular complexity index is 623. The maximum atomic E-state index is 12.3. The van der Waals surface area contributed by atoms with Crippen LogP contribution in [-0.2, 0) is 23.7 Å². The predicted molar refractivity (Wildman–Crippen MR) is 111 cm³/mol. The molecule has 2 saturated heterocycles. The number of carbonyl (C=O) groups is 2. The summed E-state index contributed by atoms with van der Waals surface area (Å²) in [6, 6.07) is 0. The Morgan fingerprint density at radius 1 is 1.23 bits per heavy atom. The average Bonchev–Trinajstić information content (AvgIpc) is 3.62. The fourth-order valence-corrected chi connectivity index (χ4v) is 4.95. The topological polar surface area (TPSA) is 102 Å². The molecule has 172 valence electrons. The molecule has 8 nitrogen and oxygen atoms in total. The van der Waals surface area contributed by atoms with E-state index in [-0.39, 0.29) is 41.3 Å². The quantitative estimate of drug-likeness (QED) is 0.411. The lowest BCUT2D eigenvalue weighted by molar-refractivity contribution is -0.120. The van der Waals surface area contributed by atoms with Crippen LogP contribution in [0.3, 0.4) is 0 Å². The lowest BCUT2D eigenvalue weighted by Crippen LogP contribution is -2.56. The van der Waals surface area contributed by atoms with Crippen molar-refractivity contribution in [2.45, 2.75) is 89.3 Å². The fraction of sp³-hybridized carbons (Fsp3) is 0.909. The molecule has 30 heavy (non-hydrogen) atoms. The molecule has 6 atom stereocenters. The van der Waals surface area contributed by atoms with Crippen LogP contribution in [0.5, 0.6) is 0 Å². The second-order valence-corrected chi connectivity index (χ2v) is 9.41. The summed E-state index contributed by atoms with van der Waals surface area (Å²) < 4.78 is 23.8. The van der Waals surface area contributed by atoms with Gasteiger partial charge in [0.15, 0.2) is 0 Å². The minimum Gasteiger partial charge on any atom is -0.443 e. The predicted octanol–water partition coefficient (Wildman–Crippen LogP) is 2.40. The van der Waals surface area contributed by atoms with Crippen molar-refractivity contribution in [3.63, 3.8) is 0 Å². The number of methoxy groups -OCH3 is 1. The molecule has 2 N–H and O–H groups in total. The standard InChI is InChI=1S/C22H38N2O6/c1-6-17(25)23-11-12-24-20(26)29-15-9-10-22(13-28-22)19(18(15)27-5)21(4)16(30-21)8-7-14(2)3/h14-16,18-19H,6-13H2,1-5H3,(H,23,25)(H,24,26)/t15?,16-,18?,19?,21?,22+/m1/s1. The van der Waals surface area contributed by atoms with Crippen molar-refractivity contribution >= 4 is 12.0 Å². The molecule has 0 aromatic heterocycles. The normalized spacial score (nSPS) is 37.1. The zero-order chi connectivity index (χ0) is 21.9. The second-order valence-electron chi connectivity index (χ2n) is 9.41. The zero-order valence-corrected chi connectivity index (χ0v) is 19.0. The van der Waals surface area contributed by atoms with E-state index in [4.69, 9.17) is 18.9 Å². The summed E-state index contributed by atoms with van der Waals surface area (Å²) in [6.45, 7) is 9.79. The van der Waals surface area contributed by atoms with Crippen LogP contribution in [0.15, 0.2) is 0 Å². The van der Waals surface area contributed by atoms with Crippen LogP contribution >= 0.6 is 0 Å². The van der Waals surface area contributed by atoms with E-state index in [1.807, 2.05) is 0 Å². The van der Waals surface area contributed by atoms with E-state index in [9.17, 15) is 9.59 Å². The van der Waals surface area contributed by atoms with Gasteiger partial charge in [-0.25, -0.2) is 4.79 Å². The molecular formula is C22H38N2O6. The Morgan fingerprint density at radius 3 is 2.53 bits per heavy atom. The number of rotatable bonds is 10. The number of ether oxygens (including phenoxy) is 4. The highest BCUT2D eigenvalue weighted by Crippen LogP contribution is 2.59. The van der Waals surface area contributed by atoms with E-state index in [0.717, 1.165) is 19.3 Å². The van der Waals surface area contributed by atoms with Crippen LogP contribution < -0.4 is 10.6 Å². The molecule has 2 aliphatic heterocycles. The Morgan fingerprint density at radius 2 is 1.93 bits per heavy atom. The summed E-state index contributed by atoms with van der Waals surface area (Å²) in [4.78, 5) is 23.6. The van der Waals surface area contributed by atoms with Crippen molar-refractivity contribution in [1.29, 1.82) is 0 Å². The molecule has 1 saturated carbocycles. The summed E-state index contributed by atoms with van der Waals surface area (Å²) in [5.74, 6) is 0.623. The summed E-state index contributed by atoms with van der Waals surface area (Å²) in [6.07, 6.45) is 3.16. The number of hydrogen-bond acceptors (Lipinski definition) is 6. The summed E-state index contributed by atoms with van der Waals surface area (Å²) in [5.41, 5.74) is -0.530. The molecule has 0 aromatic rings. The highest BCUT2D eigenvalue weighted by molar-refractivity contribution is 5.75. The second kappa shape index (κ2) is 9.40. The maximum absolute atomic E-state index is 12.3. The Hall–Kier alpha value is -1.38.